The summed E-state index contributed by atoms with van der Waals surface area (Å²) in [6, 6.07) is 18.2. The SMILES string of the molecule is COc1ccc(CC[P+](=N)c2ccccc2)cc1. The van der Waals surface area contributed by atoms with Gasteiger partial charge in [0.05, 0.1) is 7.11 Å². The van der Waals surface area contributed by atoms with Crippen molar-refractivity contribution in [2.75, 3.05) is 13.3 Å². The van der Waals surface area contributed by atoms with E-state index in [1.807, 2.05) is 42.5 Å². The Morgan fingerprint density at radius 3 is 2.28 bits per heavy atom. The second kappa shape index (κ2) is 6.32. The predicted molar refractivity (Wildman–Crippen MR) is 77.3 cm³/mol. The molecule has 92 valence electrons. The van der Waals surface area contributed by atoms with Crippen LogP contribution in [0.1, 0.15) is 5.56 Å². The molecule has 18 heavy (non-hydrogen) atoms. The topological polar surface area (TPSA) is 33.1 Å². The first-order valence-electron chi connectivity index (χ1n) is 5.96. The fraction of sp³-hybridized carbons (Fsp3) is 0.200. The summed E-state index contributed by atoms with van der Waals surface area (Å²) in [5, 5.41) is 9.33. The van der Waals surface area contributed by atoms with Crippen molar-refractivity contribution >= 4 is 13.0 Å². The molecule has 0 aromatic heterocycles. The van der Waals surface area contributed by atoms with Crippen molar-refractivity contribution in [3.63, 3.8) is 0 Å². The summed E-state index contributed by atoms with van der Waals surface area (Å²) < 4.78 is 5.13. The Morgan fingerprint density at radius 2 is 1.67 bits per heavy atom. The van der Waals surface area contributed by atoms with Gasteiger partial charge in [0.15, 0.2) is 5.30 Å². The number of aryl methyl sites for hydroxylation is 1. The number of methoxy groups -OCH3 is 1. The van der Waals surface area contributed by atoms with Crippen LogP contribution in [0.5, 0.6) is 5.75 Å². The molecule has 1 N–H and O–H groups in total. The van der Waals surface area contributed by atoms with Crippen LogP contribution in [0, 0.1) is 5.16 Å². The zero-order valence-electron chi connectivity index (χ0n) is 10.5. The van der Waals surface area contributed by atoms with Crippen LogP contribution in [0.25, 0.3) is 0 Å². The molecule has 0 fully saturated rings. The van der Waals surface area contributed by atoms with Crippen LogP contribution < -0.4 is 10.0 Å². The summed E-state index contributed by atoms with van der Waals surface area (Å²) in [6.07, 6.45) is 1.86. The summed E-state index contributed by atoms with van der Waals surface area (Å²) >= 11 is 0. The zero-order chi connectivity index (χ0) is 12.8. The van der Waals surface area contributed by atoms with Gasteiger partial charge < -0.3 is 4.74 Å². The normalized spacial score (nSPS) is 11.1. The standard InChI is InChI=1S/C15H17NOP/c1-17-14-9-7-13(8-10-14)11-12-18(16)15-5-3-2-4-6-15/h2-10,16H,11-12H2,1H3/q+1. The molecule has 3 heteroatoms. The minimum absolute atomic E-state index is 0.792. The third-order valence-electron chi connectivity index (χ3n) is 2.85. The van der Waals surface area contributed by atoms with Crippen molar-refractivity contribution in [1.29, 1.82) is 5.16 Å². The smallest absolute Gasteiger partial charge is 0.234 e. The Labute approximate surface area is 109 Å². The highest BCUT2D eigenvalue weighted by Crippen LogP contribution is 2.22. The van der Waals surface area contributed by atoms with E-state index in [1.54, 1.807) is 7.11 Å². The number of ether oxygens (including phenoxy) is 1. The van der Waals surface area contributed by atoms with E-state index in [4.69, 9.17) is 9.90 Å². The number of rotatable bonds is 5. The Kier molecular flexibility index (Phi) is 4.49. The minimum Gasteiger partial charge on any atom is -0.497 e. The monoisotopic (exact) mass is 258 g/mol. The highest BCUT2D eigenvalue weighted by molar-refractivity contribution is 7.54. The molecule has 2 rings (SSSR count). The van der Waals surface area contributed by atoms with E-state index < -0.39 is 7.71 Å². The van der Waals surface area contributed by atoms with E-state index in [9.17, 15) is 0 Å². The van der Waals surface area contributed by atoms with Gasteiger partial charge in [0.25, 0.3) is 0 Å². The summed E-state index contributed by atoms with van der Waals surface area (Å²) in [7, 11) is 0.882. The first-order valence-corrected chi connectivity index (χ1v) is 7.49. The number of hydrogen-bond donors (Lipinski definition) is 1. The van der Waals surface area contributed by atoms with Crippen LogP contribution in [0.2, 0.25) is 0 Å². The lowest BCUT2D eigenvalue weighted by molar-refractivity contribution is 0.414. The van der Waals surface area contributed by atoms with Crippen molar-refractivity contribution < 1.29 is 4.74 Å². The summed E-state index contributed by atoms with van der Waals surface area (Å²) in [5.74, 6) is 0.884. The van der Waals surface area contributed by atoms with Gasteiger partial charge in [-0.1, -0.05) is 30.3 Å². The molecular formula is C15H17NOP+. The molecule has 0 amide bonds. The molecule has 0 heterocycles. The predicted octanol–water partition coefficient (Wildman–Crippen LogP) is 3.81. The van der Waals surface area contributed by atoms with Gasteiger partial charge >= 0.3 is 0 Å². The lowest BCUT2D eigenvalue weighted by Gasteiger charge is -2.00. The first kappa shape index (κ1) is 12.8. The Balaban J connectivity index is 1.93. The van der Waals surface area contributed by atoms with E-state index in [0.717, 1.165) is 23.6 Å². The quantitative estimate of drug-likeness (QED) is 0.813. The van der Waals surface area contributed by atoms with Gasteiger partial charge in [0.1, 0.15) is 11.9 Å². The maximum atomic E-state index is 8.18. The molecule has 1 unspecified atom stereocenters. The van der Waals surface area contributed by atoms with E-state index >= 15 is 0 Å². The Hall–Kier alpha value is -1.66. The van der Waals surface area contributed by atoms with Gasteiger partial charge in [-0.3, -0.25) is 0 Å². The van der Waals surface area contributed by atoms with Gasteiger partial charge in [-0.15, -0.1) is 5.16 Å². The average molecular weight is 258 g/mol. The zero-order valence-corrected chi connectivity index (χ0v) is 11.4. The summed E-state index contributed by atoms with van der Waals surface area (Å²) in [5.41, 5.74) is 1.27. The fourth-order valence-corrected chi connectivity index (χ4v) is 3.04. The first-order chi connectivity index (χ1) is 8.79. The molecular weight excluding hydrogens is 241 g/mol. The van der Waals surface area contributed by atoms with Crippen LogP contribution in [0.4, 0.5) is 0 Å². The molecule has 0 aliphatic carbocycles. The molecule has 0 saturated heterocycles. The highest BCUT2D eigenvalue weighted by atomic mass is 31.1. The maximum Gasteiger partial charge on any atom is 0.234 e. The molecule has 0 aliphatic rings. The number of benzene rings is 2. The molecule has 2 aromatic carbocycles. The molecule has 0 bridgehead atoms. The average Bonchev–Trinajstić information content (AvgIpc) is 2.46. The van der Waals surface area contributed by atoms with Gasteiger partial charge in [-0.05, 0) is 29.8 Å². The van der Waals surface area contributed by atoms with Crippen molar-refractivity contribution in [2.45, 2.75) is 6.42 Å². The minimum atomic E-state index is -0.792. The second-order valence-electron chi connectivity index (χ2n) is 4.09. The van der Waals surface area contributed by atoms with Crippen molar-refractivity contribution in [2.24, 2.45) is 0 Å². The second-order valence-corrected chi connectivity index (χ2v) is 5.90. The largest absolute Gasteiger partial charge is 0.497 e. The van der Waals surface area contributed by atoms with Crippen molar-refractivity contribution in [3.8, 4) is 5.75 Å². The van der Waals surface area contributed by atoms with Gasteiger partial charge in [0, 0.05) is 6.42 Å². The summed E-state index contributed by atoms with van der Waals surface area (Å²) in [6.45, 7) is 0. The maximum absolute atomic E-state index is 8.18. The Bertz CT molecular complexity index is 508. The van der Waals surface area contributed by atoms with E-state index in [-0.39, 0.29) is 0 Å². The molecule has 0 saturated carbocycles. The summed E-state index contributed by atoms with van der Waals surface area (Å²) in [4.78, 5) is 0. The highest BCUT2D eigenvalue weighted by Gasteiger charge is 2.13. The molecule has 0 radical (unpaired) electrons. The van der Waals surface area contributed by atoms with E-state index in [1.165, 1.54) is 5.56 Å². The number of nitrogens with one attached hydrogen (secondary N) is 1. The van der Waals surface area contributed by atoms with Gasteiger partial charge in [-0.25, -0.2) is 0 Å². The van der Waals surface area contributed by atoms with E-state index in [0.29, 0.717) is 0 Å². The van der Waals surface area contributed by atoms with Crippen molar-refractivity contribution in [1.82, 2.24) is 0 Å². The van der Waals surface area contributed by atoms with Crippen LogP contribution in [-0.4, -0.2) is 13.3 Å². The van der Waals surface area contributed by atoms with Crippen LogP contribution in [-0.2, 0) is 6.42 Å². The third-order valence-corrected chi connectivity index (χ3v) is 4.44. The van der Waals surface area contributed by atoms with Crippen LogP contribution in [0.15, 0.2) is 54.6 Å². The lowest BCUT2D eigenvalue weighted by atomic mass is 10.2. The Morgan fingerprint density at radius 1 is 1.00 bits per heavy atom. The van der Waals surface area contributed by atoms with Gasteiger partial charge in [0.2, 0.25) is 7.71 Å². The van der Waals surface area contributed by atoms with Crippen LogP contribution in [0.3, 0.4) is 0 Å². The molecule has 1 atom stereocenters. The molecule has 0 spiro atoms. The van der Waals surface area contributed by atoms with E-state index in [2.05, 4.69) is 12.1 Å². The molecule has 2 nitrogen and oxygen atoms in total. The van der Waals surface area contributed by atoms with Crippen LogP contribution >= 0.6 is 7.71 Å². The molecule has 2 aromatic rings. The number of hydrogen-bond acceptors (Lipinski definition) is 2. The lowest BCUT2D eigenvalue weighted by Crippen LogP contribution is -1.98. The van der Waals surface area contributed by atoms with Crippen molar-refractivity contribution in [3.05, 3.63) is 60.2 Å². The third kappa shape index (κ3) is 3.41. The fourth-order valence-electron chi connectivity index (χ4n) is 1.77. The van der Waals surface area contributed by atoms with Gasteiger partial charge in [-0.2, -0.15) is 0 Å². The molecule has 0 aliphatic heterocycles.